The van der Waals surface area contributed by atoms with Gasteiger partial charge < -0.3 is 9.13 Å². The maximum Gasteiger partial charge on any atom is 0.0541 e. The molecule has 2 aromatic heterocycles. The van der Waals surface area contributed by atoms with Crippen molar-refractivity contribution < 1.29 is 0 Å². The molecule has 0 atom stereocenters. The Hall–Kier alpha value is -6.12. The Labute approximate surface area is 288 Å². The summed E-state index contributed by atoms with van der Waals surface area (Å²) in [7, 11) is 0. The molecule has 2 heteroatoms. The topological polar surface area (TPSA) is 9.86 Å². The molecular weight excluding hydrogens is 593 g/mol. The third-order valence-corrected chi connectivity index (χ3v) is 9.02. The molecule has 2 heterocycles. The van der Waals surface area contributed by atoms with E-state index in [0.717, 1.165) is 28.8 Å². The predicted octanol–water partition coefficient (Wildman–Crippen LogP) is 13.2. The second kappa shape index (κ2) is 14.3. The zero-order valence-corrected chi connectivity index (χ0v) is 28.1. The Kier molecular flexibility index (Phi) is 9.21. The van der Waals surface area contributed by atoms with Crippen LogP contribution in [0.3, 0.4) is 0 Å². The third kappa shape index (κ3) is 6.06. The third-order valence-electron chi connectivity index (χ3n) is 9.02. The van der Waals surface area contributed by atoms with E-state index in [4.69, 9.17) is 0 Å². The van der Waals surface area contributed by atoms with E-state index in [9.17, 15) is 0 Å². The van der Waals surface area contributed by atoms with Gasteiger partial charge in [-0.1, -0.05) is 148 Å². The van der Waals surface area contributed by atoms with Crippen molar-refractivity contribution in [1.82, 2.24) is 9.13 Å². The number of para-hydroxylation sites is 3. The lowest BCUT2D eigenvalue weighted by Crippen LogP contribution is -1.92. The molecule has 0 aliphatic heterocycles. The Morgan fingerprint density at radius 1 is 0.592 bits per heavy atom. The number of aromatic nitrogens is 2. The molecule has 8 rings (SSSR count). The van der Waals surface area contributed by atoms with Crippen LogP contribution in [-0.4, -0.2) is 9.13 Å². The molecule has 2 nitrogen and oxygen atoms in total. The lowest BCUT2D eigenvalue weighted by atomic mass is 10.0. The summed E-state index contributed by atoms with van der Waals surface area (Å²) in [6.45, 7) is 7.97. The molecule has 238 valence electrons. The molecule has 1 aliphatic carbocycles. The molecule has 0 bridgehead atoms. The van der Waals surface area contributed by atoms with Crippen LogP contribution < -0.4 is 0 Å². The number of rotatable bonds is 6. The van der Waals surface area contributed by atoms with Crippen molar-refractivity contribution >= 4 is 49.8 Å². The Bertz CT molecular complexity index is 2490. The number of fused-ring (bicyclic) bond motifs is 6. The smallest absolute Gasteiger partial charge is 0.0541 e. The molecular formula is C47H40N2. The highest BCUT2D eigenvalue weighted by molar-refractivity contribution is 6.12. The first kappa shape index (κ1) is 31.5. The molecule has 0 unspecified atom stereocenters. The van der Waals surface area contributed by atoms with Gasteiger partial charge in [-0.3, -0.25) is 0 Å². The Morgan fingerprint density at radius 2 is 1.18 bits per heavy atom. The predicted molar refractivity (Wildman–Crippen MR) is 214 cm³/mol. The Morgan fingerprint density at radius 3 is 1.92 bits per heavy atom. The fourth-order valence-electron chi connectivity index (χ4n) is 6.83. The van der Waals surface area contributed by atoms with Gasteiger partial charge >= 0.3 is 0 Å². The highest BCUT2D eigenvalue weighted by atomic mass is 15.0. The lowest BCUT2D eigenvalue weighted by Gasteiger charge is -2.07. The molecule has 0 saturated carbocycles. The lowest BCUT2D eigenvalue weighted by molar-refractivity contribution is 1.18. The minimum Gasteiger partial charge on any atom is -0.316 e. The van der Waals surface area contributed by atoms with Crippen molar-refractivity contribution in [3.63, 3.8) is 0 Å². The van der Waals surface area contributed by atoms with Crippen molar-refractivity contribution in [1.29, 1.82) is 0 Å². The summed E-state index contributed by atoms with van der Waals surface area (Å²) in [5.74, 6) is 0. The Balaban J connectivity index is 0.00000186. The van der Waals surface area contributed by atoms with Crippen molar-refractivity contribution in [3.8, 4) is 16.8 Å². The summed E-state index contributed by atoms with van der Waals surface area (Å²) in [4.78, 5) is 0. The second-order valence-corrected chi connectivity index (χ2v) is 11.8. The zero-order valence-electron chi connectivity index (χ0n) is 28.1. The van der Waals surface area contributed by atoms with E-state index < -0.39 is 0 Å². The second-order valence-electron chi connectivity index (χ2n) is 11.8. The van der Waals surface area contributed by atoms with E-state index in [0.29, 0.717) is 0 Å². The van der Waals surface area contributed by atoms with Crippen LogP contribution in [0.5, 0.6) is 0 Å². The molecule has 1 aliphatic rings. The van der Waals surface area contributed by atoms with Gasteiger partial charge in [-0.25, -0.2) is 0 Å². The standard InChI is InChI=1S/C45H34N2.C2H6/c1-2-16-33(34-17-10-11-18-34)29-30-46-42-24-14-12-22-38(42)40-28-27-36(32-45(40)46)35-19-6-3-4-9-25-44-41(31-35)39-23-13-15-26-43(39)47(44)37-20-7-5-8-21-37;1-2/h2-17,19-32H,1,18H2;1-2H3/b4-3?,6-3?,9-4?,19-6?,25-9?,30-29-,33-16+,35-19?,35-31?,41-31?,44-25?;. The van der Waals surface area contributed by atoms with Crippen LogP contribution in [0.2, 0.25) is 0 Å². The zero-order chi connectivity index (χ0) is 33.6. The number of allylic oxidation sites excluding steroid dienone is 8. The highest BCUT2D eigenvalue weighted by Crippen LogP contribution is 2.36. The maximum absolute atomic E-state index is 3.97. The largest absolute Gasteiger partial charge is 0.316 e. The SMILES string of the molecule is C=C/C=C(\C=C/n1c2ccccc2c2ccc(-c3ccccccc4c(c3)c3ccccc3n4-c3ccccc3)cc21)C1=CC=CC1.CC. The van der Waals surface area contributed by atoms with Crippen molar-refractivity contribution in [2.24, 2.45) is 0 Å². The van der Waals surface area contributed by atoms with Gasteiger partial charge in [0.2, 0.25) is 0 Å². The van der Waals surface area contributed by atoms with Crippen molar-refractivity contribution in [2.45, 2.75) is 20.3 Å². The van der Waals surface area contributed by atoms with E-state index in [2.05, 4.69) is 192 Å². The summed E-state index contributed by atoms with van der Waals surface area (Å²) in [5, 5.41) is 4.90. The van der Waals surface area contributed by atoms with Crippen LogP contribution in [-0.2, 0) is 0 Å². The summed E-state index contributed by atoms with van der Waals surface area (Å²) in [6, 6.07) is 50.1. The van der Waals surface area contributed by atoms with Gasteiger partial charge in [0.1, 0.15) is 0 Å². The fourth-order valence-corrected chi connectivity index (χ4v) is 6.83. The first-order chi connectivity index (χ1) is 24.3. The summed E-state index contributed by atoms with van der Waals surface area (Å²) >= 11 is 0. The van der Waals surface area contributed by atoms with Crippen LogP contribution in [0.25, 0.3) is 66.6 Å². The van der Waals surface area contributed by atoms with Crippen LogP contribution in [0.4, 0.5) is 0 Å². The van der Waals surface area contributed by atoms with E-state index in [1.54, 1.807) is 0 Å². The van der Waals surface area contributed by atoms with Crippen molar-refractivity contribution in [3.05, 3.63) is 194 Å². The fraction of sp³-hybridized carbons (Fsp3) is 0.0638. The summed E-state index contributed by atoms with van der Waals surface area (Å²) in [6.07, 6.45) is 15.8. The maximum atomic E-state index is 3.97. The summed E-state index contributed by atoms with van der Waals surface area (Å²) in [5.41, 5.74) is 10.6. The molecule has 0 spiro atoms. The average molecular weight is 633 g/mol. The molecule has 0 fully saturated rings. The molecule has 0 amide bonds. The van der Waals surface area contributed by atoms with Gasteiger partial charge in [0.15, 0.2) is 0 Å². The van der Waals surface area contributed by atoms with Crippen LogP contribution in [0.15, 0.2) is 194 Å². The van der Waals surface area contributed by atoms with E-state index in [-0.39, 0.29) is 0 Å². The van der Waals surface area contributed by atoms with Gasteiger partial charge in [0, 0.05) is 33.4 Å². The number of hydrogen-bond donors (Lipinski definition) is 0. The van der Waals surface area contributed by atoms with Gasteiger partial charge in [0.05, 0.1) is 22.1 Å². The van der Waals surface area contributed by atoms with Crippen LogP contribution >= 0.6 is 0 Å². The van der Waals surface area contributed by atoms with Crippen LogP contribution in [0.1, 0.15) is 20.3 Å². The first-order valence-electron chi connectivity index (χ1n) is 17.1. The monoisotopic (exact) mass is 632 g/mol. The molecule has 0 saturated heterocycles. The molecule has 5 aromatic carbocycles. The minimum atomic E-state index is 0.939. The van der Waals surface area contributed by atoms with E-state index >= 15 is 0 Å². The highest BCUT2D eigenvalue weighted by Gasteiger charge is 2.13. The van der Waals surface area contributed by atoms with Gasteiger partial charge in [-0.2, -0.15) is 0 Å². The van der Waals surface area contributed by atoms with E-state index in [1.165, 1.54) is 49.2 Å². The molecule has 0 N–H and O–H groups in total. The quantitative estimate of drug-likeness (QED) is 0.161. The van der Waals surface area contributed by atoms with Crippen LogP contribution in [0, 0.1) is 0 Å². The summed E-state index contributed by atoms with van der Waals surface area (Å²) < 4.78 is 4.69. The molecule has 49 heavy (non-hydrogen) atoms. The number of benzene rings is 4. The number of nitrogens with zero attached hydrogens (tertiary/aromatic N) is 2. The average Bonchev–Trinajstić information content (AvgIpc) is 3.88. The van der Waals surface area contributed by atoms with E-state index in [1.807, 2.05) is 19.9 Å². The van der Waals surface area contributed by atoms with Gasteiger partial charge in [-0.05, 0) is 77.2 Å². The normalized spacial score (nSPS) is 12.8. The number of hydrogen-bond acceptors (Lipinski definition) is 0. The van der Waals surface area contributed by atoms with Gasteiger partial charge in [0.25, 0.3) is 0 Å². The van der Waals surface area contributed by atoms with Gasteiger partial charge in [-0.15, -0.1) is 0 Å². The first-order valence-corrected chi connectivity index (χ1v) is 17.1. The van der Waals surface area contributed by atoms with Crippen molar-refractivity contribution in [2.75, 3.05) is 0 Å². The molecule has 7 aromatic rings. The molecule has 0 radical (unpaired) electrons. The minimum absolute atomic E-state index is 0.939.